The smallest absolute Gasteiger partial charge is 0.329 e. The summed E-state index contributed by atoms with van der Waals surface area (Å²) in [6.45, 7) is 0.867. The molecule has 2 amide bonds. The zero-order chi connectivity index (χ0) is 22.3. The molecule has 166 valence electrons. The highest BCUT2D eigenvalue weighted by Crippen LogP contribution is 2.15. The standard InChI is InChI=1S/C19H21BrN4O6S/c20-13-3-7-17(8-4-13)31(27,28)23-12-16-6-5-15(30-16)11-22-24-19(26)18(25)21-10-14-2-1-9-29-14/h3-8,11,14,23H,1-2,9-10,12H2,(H,21,25)(H,24,26)/b22-11+/t14-/m0/s1. The maximum absolute atomic E-state index is 12.3. The number of sulfonamides is 1. The van der Waals surface area contributed by atoms with Crippen LogP contribution in [0.15, 0.2) is 55.3 Å². The van der Waals surface area contributed by atoms with E-state index in [1.54, 1.807) is 24.3 Å². The second-order valence-corrected chi connectivity index (χ2v) is 9.31. The van der Waals surface area contributed by atoms with Gasteiger partial charge in [0.05, 0.1) is 23.8 Å². The van der Waals surface area contributed by atoms with Crippen LogP contribution in [-0.2, 0) is 30.9 Å². The molecule has 0 bridgehead atoms. The zero-order valence-electron chi connectivity index (χ0n) is 16.3. The molecule has 1 atom stereocenters. The minimum Gasteiger partial charge on any atom is -0.459 e. The van der Waals surface area contributed by atoms with E-state index < -0.39 is 21.8 Å². The van der Waals surface area contributed by atoms with Crippen molar-refractivity contribution in [3.8, 4) is 0 Å². The molecule has 3 rings (SSSR count). The molecule has 1 aromatic carbocycles. The third kappa shape index (κ3) is 6.99. The fourth-order valence-corrected chi connectivity index (χ4v) is 3.98. The Morgan fingerprint density at radius 2 is 1.94 bits per heavy atom. The van der Waals surface area contributed by atoms with Gasteiger partial charge in [0.25, 0.3) is 0 Å². The van der Waals surface area contributed by atoms with Crippen molar-refractivity contribution in [3.63, 3.8) is 0 Å². The van der Waals surface area contributed by atoms with Crippen molar-refractivity contribution < 1.29 is 27.2 Å². The molecule has 10 nitrogen and oxygen atoms in total. The number of nitrogens with zero attached hydrogens (tertiary/aromatic N) is 1. The summed E-state index contributed by atoms with van der Waals surface area (Å²) in [6, 6.07) is 9.34. The van der Waals surface area contributed by atoms with Crippen LogP contribution in [0.1, 0.15) is 24.4 Å². The number of nitrogens with one attached hydrogen (secondary N) is 3. The molecule has 1 fully saturated rings. The summed E-state index contributed by atoms with van der Waals surface area (Å²) in [5, 5.41) is 6.15. The molecule has 1 aromatic heterocycles. The van der Waals surface area contributed by atoms with Crippen molar-refractivity contribution in [1.29, 1.82) is 0 Å². The number of amides is 2. The lowest BCUT2D eigenvalue weighted by atomic mass is 10.2. The van der Waals surface area contributed by atoms with Crippen molar-refractivity contribution >= 4 is 44.0 Å². The van der Waals surface area contributed by atoms with Crippen LogP contribution >= 0.6 is 15.9 Å². The SMILES string of the molecule is O=C(NC[C@@H]1CCCO1)C(=O)N/N=C/c1ccc(CNS(=O)(=O)c2ccc(Br)cc2)o1. The second kappa shape index (κ2) is 10.7. The Labute approximate surface area is 187 Å². The molecule has 0 unspecified atom stereocenters. The first-order valence-corrected chi connectivity index (χ1v) is 11.7. The molecule has 2 aromatic rings. The van der Waals surface area contributed by atoms with Gasteiger partial charge < -0.3 is 14.5 Å². The van der Waals surface area contributed by atoms with E-state index in [9.17, 15) is 18.0 Å². The number of benzene rings is 1. The molecule has 0 saturated carbocycles. The maximum atomic E-state index is 12.3. The van der Waals surface area contributed by atoms with Gasteiger partial charge in [0, 0.05) is 17.6 Å². The van der Waals surface area contributed by atoms with Gasteiger partial charge >= 0.3 is 11.8 Å². The monoisotopic (exact) mass is 512 g/mol. The minimum atomic E-state index is -3.69. The van der Waals surface area contributed by atoms with E-state index in [0.717, 1.165) is 17.3 Å². The lowest BCUT2D eigenvalue weighted by molar-refractivity contribution is -0.139. The van der Waals surface area contributed by atoms with E-state index in [1.165, 1.54) is 18.3 Å². The van der Waals surface area contributed by atoms with E-state index in [-0.39, 0.29) is 29.8 Å². The van der Waals surface area contributed by atoms with Gasteiger partial charge in [-0.1, -0.05) is 15.9 Å². The minimum absolute atomic E-state index is 0.0652. The van der Waals surface area contributed by atoms with Gasteiger partial charge in [-0.2, -0.15) is 5.10 Å². The van der Waals surface area contributed by atoms with Crippen molar-refractivity contribution in [2.75, 3.05) is 13.2 Å². The van der Waals surface area contributed by atoms with Gasteiger partial charge in [-0.25, -0.2) is 18.6 Å². The summed E-state index contributed by atoms with van der Waals surface area (Å²) in [7, 11) is -3.69. The Kier molecular flexibility index (Phi) is 7.96. The van der Waals surface area contributed by atoms with Crippen LogP contribution in [0.5, 0.6) is 0 Å². The largest absolute Gasteiger partial charge is 0.459 e. The number of hydrogen-bond donors (Lipinski definition) is 3. The highest BCUT2D eigenvalue weighted by molar-refractivity contribution is 9.10. The Hall–Kier alpha value is -2.54. The Bertz CT molecular complexity index is 1050. The zero-order valence-corrected chi connectivity index (χ0v) is 18.7. The number of ether oxygens (including phenoxy) is 1. The fourth-order valence-electron chi connectivity index (χ4n) is 2.72. The highest BCUT2D eigenvalue weighted by atomic mass is 79.9. The number of hydrogen-bond acceptors (Lipinski definition) is 7. The summed E-state index contributed by atoms with van der Waals surface area (Å²) >= 11 is 3.25. The van der Waals surface area contributed by atoms with Crippen molar-refractivity contribution in [1.82, 2.24) is 15.5 Å². The number of carbonyl (C=O) groups excluding carboxylic acids is 2. The molecular formula is C19H21BrN4O6S. The van der Waals surface area contributed by atoms with Crippen molar-refractivity contribution in [2.45, 2.75) is 30.4 Å². The quantitative estimate of drug-likeness (QED) is 0.276. The Morgan fingerprint density at radius 3 is 2.65 bits per heavy atom. The number of rotatable bonds is 8. The predicted octanol–water partition coefficient (Wildman–Crippen LogP) is 1.27. The molecule has 1 saturated heterocycles. The molecule has 0 radical (unpaired) electrons. The molecule has 1 aliphatic heterocycles. The van der Waals surface area contributed by atoms with E-state index in [1.807, 2.05) is 0 Å². The molecule has 0 spiro atoms. The van der Waals surface area contributed by atoms with Gasteiger partial charge in [0.1, 0.15) is 11.5 Å². The van der Waals surface area contributed by atoms with Crippen LogP contribution < -0.4 is 15.5 Å². The highest BCUT2D eigenvalue weighted by Gasteiger charge is 2.19. The summed E-state index contributed by atoms with van der Waals surface area (Å²) in [5.74, 6) is -1.10. The van der Waals surface area contributed by atoms with E-state index in [2.05, 4.69) is 36.5 Å². The number of halogens is 1. The van der Waals surface area contributed by atoms with Gasteiger partial charge in [-0.15, -0.1) is 0 Å². The van der Waals surface area contributed by atoms with Crippen LogP contribution in [0, 0.1) is 0 Å². The first kappa shape index (κ1) is 23.1. The molecule has 2 heterocycles. The predicted molar refractivity (Wildman–Crippen MR) is 115 cm³/mol. The molecule has 31 heavy (non-hydrogen) atoms. The molecule has 0 aliphatic carbocycles. The molecule has 12 heteroatoms. The van der Waals surface area contributed by atoms with Crippen LogP contribution in [0.2, 0.25) is 0 Å². The normalized spacial score (nSPS) is 16.5. The summed E-state index contributed by atoms with van der Waals surface area (Å²) < 4.78 is 38.6. The molecular weight excluding hydrogens is 492 g/mol. The average molecular weight is 513 g/mol. The first-order valence-electron chi connectivity index (χ1n) is 9.40. The lowest BCUT2D eigenvalue weighted by Gasteiger charge is -2.09. The molecule has 1 aliphatic rings. The maximum Gasteiger partial charge on any atom is 0.329 e. The van der Waals surface area contributed by atoms with Gasteiger partial charge in [0.15, 0.2) is 0 Å². The van der Waals surface area contributed by atoms with Crippen LogP contribution in [0.4, 0.5) is 0 Å². The van der Waals surface area contributed by atoms with Crippen molar-refractivity contribution in [3.05, 3.63) is 52.4 Å². The van der Waals surface area contributed by atoms with Crippen LogP contribution in [0.25, 0.3) is 0 Å². The topological polar surface area (TPSA) is 139 Å². The summed E-state index contributed by atoms with van der Waals surface area (Å²) in [5.41, 5.74) is 2.10. The third-order valence-electron chi connectivity index (χ3n) is 4.32. The van der Waals surface area contributed by atoms with E-state index in [0.29, 0.717) is 12.4 Å². The summed E-state index contributed by atoms with van der Waals surface area (Å²) in [4.78, 5) is 23.6. The van der Waals surface area contributed by atoms with E-state index in [4.69, 9.17) is 9.15 Å². The summed E-state index contributed by atoms with van der Waals surface area (Å²) in [6.07, 6.45) is 2.93. The van der Waals surface area contributed by atoms with Crippen LogP contribution in [0.3, 0.4) is 0 Å². The molecule has 3 N–H and O–H groups in total. The fraction of sp³-hybridized carbons (Fsp3) is 0.316. The van der Waals surface area contributed by atoms with E-state index >= 15 is 0 Å². The van der Waals surface area contributed by atoms with Crippen LogP contribution in [-0.4, -0.2) is 45.7 Å². The van der Waals surface area contributed by atoms with Gasteiger partial charge in [-0.05, 0) is 49.2 Å². The first-order chi connectivity index (χ1) is 14.8. The van der Waals surface area contributed by atoms with Crippen molar-refractivity contribution in [2.24, 2.45) is 5.10 Å². The Balaban J connectivity index is 1.44. The number of furan rings is 1. The van der Waals surface area contributed by atoms with Gasteiger partial charge in [0.2, 0.25) is 10.0 Å². The average Bonchev–Trinajstić information content (AvgIpc) is 3.43. The van der Waals surface area contributed by atoms with Gasteiger partial charge in [-0.3, -0.25) is 9.59 Å². The number of hydrazone groups is 1. The number of carbonyl (C=O) groups is 2. The third-order valence-corrected chi connectivity index (χ3v) is 6.27. The Morgan fingerprint density at radius 1 is 1.16 bits per heavy atom. The lowest BCUT2D eigenvalue weighted by Crippen LogP contribution is -2.41. The second-order valence-electron chi connectivity index (χ2n) is 6.63.